The van der Waals surface area contributed by atoms with Crippen LogP contribution >= 0.6 is 63.7 Å². The topological polar surface area (TPSA) is 0 Å². The van der Waals surface area contributed by atoms with Gasteiger partial charge in [-0.2, -0.15) is 0 Å². The van der Waals surface area contributed by atoms with E-state index in [4.69, 9.17) is 0 Å². The summed E-state index contributed by atoms with van der Waals surface area (Å²) in [5, 5.41) is 0. The molecule has 0 fully saturated rings. The molecule has 2 atom stereocenters. The fraction of sp³-hybridized carbons (Fsp3) is 0.273. The first-order valence-electron chi connectivity index (χ1n) is 8.95. The van der Waals surface area contributed by atoms with Crippen molar-refractivity contribution in [1.29, 1.82) is 0 Å². The summed E-state index contributed by atoms with van der Waals surface area (Å²) < 4.78 is 4.66. The highest BCUT2D eigenvalue weighted by Gasteiger charge is 2.47. The molecule has 0 amide bonds. The molecular weight excluding hydrogens is 612 g/mol. The molecule has 0 spiro atoms. The van der Waals surface area contributed by atoms with E-state index < -0.39 is 8.07 Å². The predicted octanol–water partition coefficient (Wildman–Crippen LogP) is 9.22. The van der Waals surface area contributed by atoms with Crippen LogP contribution in [0.25, 0.3) is 12.2 Å². The van der Waals surface area contributed by atoms with Crippen LogP contribution < -0.4 is 0 Å². The summed E-state index contributed by atoms with van der Waals surface area (Å²) in [6.45, 7) is 9.74. The monoisotopic (exact) mass is 628 g/mol. The SMILES string of the molecule is CC1=Cc2c(Br)cc(Br)cc2C1[Si](C)(C)C1C(C)=Cc2c(Br)cc(Br)cc21. The highest BCUT2D eigenvalue weighted by molar-refractivity contribution is 9.11. The Hall–Kier alpha value is 0.0569. The number of fused-ring (bicyclic) bond motifs is 2. The summed E-state index contributed by atoms with van der Waals surface area (Å²) >= 11 is 15.0. The smallest absolute Gasteiger partial charge is 0.0679 e. The van der Waals surface area contributed by atoms with Crippen LogP contribution in [0, 0.1) is 0 Å². The van der Waals surface area contributed by atoms with Gasteiger partial charge < -0.3 is 0 Å². The van der Waals surface area contributed by atoms with Crippen LogP contribution in [0.15, 0.2) is 53.3 Å². The third-order valence-electron chi connectivity index (χ3n) is 6.02. The van der Waals surface area contributed by atoms with Gasteiger partial charge in [-0.1, -0.05) is 100 Å². The van der Waals surface area contributed by atoms with Gasteiger partial charge in [0.05, 0.1) is 8.07 Å². The maximum atomic E-state index is 3.78. The van der Waals surface area contributed by atoms with E-state index in [-0.39, 0.29) is 0 Å². The lowest BCUT2D eigenvalue weighted by molar-refractivity contribution is 0.966. The van der Waals surface area contributed by atoms with E-state index in [0.29, 0.717) is 11.1 Å². The first kappa shape index (κ1) is 20.3. The van der Waals surface area contributed by atoms with Crippen molar-refractivity contribution in [3.63, 3.8) is 0 Å². The van der Waals surface area contributed by atoms with Gasteiger partial charge in [0.1, 0.15) is 0 Å². The molecule has 0 nitrogen and oxygen atoms in total. The summed E-state index contributed by atoms with van der Waals surface area (Å²) in [5.41, 5.74) is 9.68. The van der Waals surface area contributed by atoms with Gasteiger partial charge in [0, 0.05) is 29.0 Å². The maximum absolute atomic E-state index is 3.78. The fourth-order valence-electron chi connectivity index (χ4n) is 5.25. The van der Waals surface area contributed by atoms with Crippen molar-refractivity contribution in [2.45, 2.75) is 38.0 Å². The third-order valence-corrected chi connectivity index (χ3v) is 12.8. The molecule has 2 unspecified atom stereocenters. The van der Waals surface area contributed by atoms with E-state index >= 15 is 0 Å². The second kappa shape index (κ2) is 7.08. The average Bonchev–Trinajstić information content (AvgIpc) is 3.04. The number of benzene rings is 2. The van der Waals surface area contributed by atoms with E-state index in [1.54, 1.807) is 0 Å². The van der Waals surface area contributed by atoms with Crippen molar-refractivity contribution in [3.8, 4) is 0 Å². The molecule has 0 saturated carbocycles. The largest absolute Gasteiger partial charge is 0.0722 e. The van der Waals surface area contributed by atoms with Crippen molar-refractivity contribution in [2.75, 3.05) is 0 Å². The minimum atomic E-state index is -1.78. The molecule has 0 N–H and O–H groups in total. The lowest BCUT2D eigenvalue weighted by Gasteiger charge is -2.39. The minimum absolute atomic E-state index is 0.512. The van der Waals surface area contributed by atoms with Crippen molar-refractivity contribution in [2.24, 2.45) is 0 Å². The molecular formula is C22H20Br4Si. The van der Waals surface area contributed by atoms with Crippen LogP contribution in [-0.2, 0) is 0 Å². The van der Waals surface area contributed by atoms with Crippen LogP contribution in [0.4, 0.5) is 0 Å². The minimum Gasteiger partial charge on any atom is -0.0679 e. The van der Waals surface area contributed by atoms with Crippen molar-refractivity contribution in [1.82, 2.24) is 0 Å². The summed E-state index contributed by atoms with van der Waals surface area (Å²) in [7, 11) is -1.78. The lowest BCUT2D eigenvalue weighted by Crippen LogP contribution is -2.42. The maximum Gasteiger partial charge on any atom is 0.0722 e. The van der Waals surface area contributed by atoms with E-state index in [1.807, 2.05) is 0 Å². The zero-order valence-electron chi connectivity index (χ0n) is 15.6. The Balaban J connectivity index is 1.88. The van der Waals surface area contributed by atoms with Gasteiger partial charge in [-0.15, -0.1) is 0 Å². The molecule has 0 aliphatic heterocycles. The number of halogens is 4. The normalized spacial score (nSPS) is 21.0. The van der Waals surface area contributed by atoms with Crippen molar-refractivity contribution >= 4 is 83.9 Å². The van der Waals surface area contributed by atoms with Crippen molar-refractivity contribution in [3.05, 3.63) is 75.6 Å². The molecule has 4 rings (SSSR count). The molecule has 2 aliphatic carbocycles. The van der Waals surface area contributed by atoms with Crippen LogP contribution in [0.3, 0.4) is 0 Å². The highest BCUT2D eigenvalue weighted by Crippen LogP contribution is 2.54. The Morgan fingerprint density at radius 2 is 1.04 bits per heavy atom. The predicted molar refractivity (Wildman–Crippen MR) is 134 cm³/mol. The van der Waals surface area contributed by atoms with Gasteiger partial charge in [-0.3, -0.25) is 0 Å². The molecule has 2 aromatic rings. The Labute approximate surface area is 196 Å². The standard InChI is InChI=1S/C22H20Br4Si/c1-11-5-15-17(7-13(23)9-19(15)25)21(11)27(3,4)22-12(2)6-16-18(22)8-14(24)10-20(16)26/h5-10,21-22H,1-4H3. The first-order chi connectivity index (χ1) is 12.6. The zero-order valence-corrected chi connectivity index (χ0v) is 23.0. The molecule has 27 heavy (non-hydrogen) atoms. The van der Waals surface area contributed by atoms with Gasteiger partial charge in [-0.05, 0) is 60.4 Å². The Morgan fingerprint density at radius 1 is 0.667 bits per heavy atom. The second-order valence-electron chi connectivity index (χ2n) is 8.25. The molecule has 0 bridgehead atoms. The fourth-order valence-corrected chi connectivity index (χ4v) is 12.9. The molecule has 2 aliphatic rings. The molecule has 0 aromatic heterocycles. The van der Waals surface area contributed by atoms with Crippen LogP contribution in [0.1, 0.15) is 47.2 Å². The summed E-state index contributed by atoms with van der Waals surface area (Å²) in [4.78, 5) is 0. The molecule has 140 valence electrons. The van der Waals surface area contributed by atoms with E-state index in [2.05, 4.69) is 127 Å². The van der Waals surface area contributed by atoms with Crippen LogP contribution in [0.2, 0.25) is 13.1 Å². The van der Waals surface area contributed by atoms with Gasteiger partial charge in [0.25, 0.3) is 0 Å². The van der Waals surface area contributed by atoms with Crippen LogP contribution in [-0.4, -0.2) is 8.07 Å². The quantitative estimate of drug-likeness (QED) is 0.290. The number of rotatable bonds is 2. The highest BCUT2D eigenvalue weighted by atomic mass is 79.9. The van der Waals surface area contributed by atoms with Gasteiger partial charge in [-0.25, -0.2) is 0 Å². The third kappa shape index (κ3) is 3.26. The molecule has 2 aromatic carbocycles. The Morgan fingerprint density at radius 3 is 1.41 bits per heavy atom. The molecule has 5 heteroatoms. The number of hydrogen-bond donors (Lipinski definition) is 0. The molecule has 0 heterocycles. The molecule has 0 saturated heterocycles. The van der Waals surface area contributed by atoms with Gasteiger partial charge in [0.2, 0.25) is 0 Å². The Kier molecular flexibility index (Phi) is 5.34. The lowest BCUT2D eigenvalue weighted by atomic mass is 10.1. The summed E-state index contributed by atoms with van der Waals surface area (Å²) in [6, 6.07) is 8.98. The van der Waals surface area contributed by atoms with Gasteiger partial charge >= 0.3 is 0 Å². The average molecular weight is 632 g/mol. The van der Waals surface area contributed by atoms with E-state index in [1.165, 1.54) is 42.3 Å². The zero-order chi connectivity index (χ0) is 19.7. The first-order valence-corrected chi connectivity index (χ1v) is 15.3. The van der Waals surface area contributed by atoms with Crippen molar-refractivity contribution < 1.29 is 0 Å². The van der Waals surface area contributed by atoms with E-state index in [0.717, 1.165) is 8.95 Å². The number of allylic oxidation sites excluding steroid dienone is 2. The Bertz CT molecular complexity index is 952. The van der Waals surface area contributed by atoms with E-state index in [9.17, 15) is 0 Å². The summed E-state index contributed by atoms with van der Waals surface area (Å²) in [6.07, 6.45) is 4.77. The van der Waals surface area contributed by atoms with Crippen LogP contribution in [0.5, 0.6) is 0 Å². The van der Waals surface area contributed by atoms with Gasteiger partial charge in [0.15, 0.2) is 0 Å². The summed E-state index contributed by atoms with van der Waals surface area (Å²) in [5.74, 6) is 0. The number of hydrogen-bond acceptors (Lipinski definition) is 0. The molecule has 0 radical (unpaired) electrons. The second-order valence-corrected chi connectivity index (χ2v) is 16.6.